The summed E-state index contributed by atoms with van der Waals surface area (Å²) in [5.41, 5.74) is 0.394. The molecule has 0 radical (unpaired) electrons. The van der Waals surface area contributed by atoms with Crippen molar-refractivity contribution in [3.63, 3.8) is 0 Å². The average molecular weight is 250 g/mol. The van der Waals surface area contributed by atoms with Crippen molar-refractivity contribution in [2.45, 2.75) is 12.8 Å². The lowest BCUT2D eigenvalue weighted by Crippen LogP contribution is -2.35. The number of hydrogen-bond acceptors (Lipinski definition) is 2. The van der Waals surface area contributed by atoms with Crippen molar-refractivity contribution in [1.82, 2.24) is 10.2 Å². The Hall–Kier alpha value is -1.91. The minimum atomic E-state index is -0.366. The van der Waals surface area contributed by atoms with Gasteiger partial charge in [0.05, 0.1) is 6.42 Å². The van der Waals surface area contributed by atoms with Crippen LogP contribution in [-0.2, 0) is 16.0 Å². The summed E-state index contributed by atoms with van der Waals surface area (Å²) in [6, 6.07) is 6.25. The number of carbonyl (C=O) groups excluding carboxylic acids is 2. The van der Waals surface area contributed by atoms with Gasteiger partial charge in [-0.25, -0.2) is 4.39 Å². The third-order valence-electron chi connectivity index (χ3n) is 2.96. The summed E-state index contributed by atoms with van der Waals surface area (Å²) in [5, 5.41) is 2.70. The van der Waals surface area contributed by atoms with Crippen LogP contribution in [0.3, 0.4) is 0 Å². The van der Waals surface area contributed by atoms with E-state index in [0.717, 1.165) is 0 Å². The van der Waals surface area contributed by atoms with Crippen LogP contribution in [0.5, 0.6) is 0 Å². The maximum absolute atomic E-state index is 13.4. The number of nitrogens with one attached hydrogen (secondary N) is 1. The second-order valence-electron chi connectivity index (χ2n) is 4.25. The fourth-order valence-electron chi connectivity index (χ4n) is 1.93. The van der Waals surface area contributed by atoms with Crippen LogP contribution in [0, 0.1) is 5.82 Å². The van der Waals surface area contributed by atoms with Gasteiger partial charge in [-0.05, 0) is 11.6 Å². The third kappa shape index (κ3) is 3.06. The molecule has 1 N–H and O–H groups in total. The molecule has 1 aliphatic rings. The molecule has 0 bridgehead atoms. The van der Waals surface area contributed by atoms with Crippen molar-refractivity contribution in [3.8, 4) is 0 Å². The summed E-state index contributed by atoms with van der Waals surface area (Å²) >= 11 is 0. The zero-order chi connectivity index (χ0) is 13.0. The second-order valence-corrected chi connectivity index (χ2v) is 4.25. The number of benzene rings is 1. The molecule has 0 aliphatic carbocycles. The highest BCUT2D eigenvalue weighted by Crippen LogP contribution is 2.09. The van der Waals surface area contributed by atoms with Crippen LogP contribution < -0.4 is 5.32 Å². The molecule has 2 rings (SSSR count). The van der Waals surface area contributed by atoms with E-state index in [4.69, 9.17) is 0 Å². The van der Waals surface area contributed by atoms with E-state index in [0.29, 0.717) is 31.6 Å². The molecule has 0 aromatic heterocycles. The lowest BCUT2D eigenvalue weighted by molar-refractivity contribution is -0.130. The SMILES string of the molecule is O=C1CCN(C(=O)Cc2ccccc2F)CCN1. The van der Waals surface area contributed by atoms with Gasteiger partial charge in [0.1, 0.15) is 5.82 Å². The first kappa shape index (κ1) is 12.5. The van der Waals surface area contributed by atoms with Gasteiger partial charge in [-0.2, -0.15) is 0 Å². The summed E-state index contributed by atoms with van der Waals surface area (Å²) in [4.78, 5) is 24.8. The van der Waals surface area contributed by atoms with Crippen LogP contribution in [0.4, 0.5) is 4.39 Å². The highest BCUT2D eigenvalue weighted by atomic mass is 19.1. The molecule has 4 nitrogen and oxygen atoms in total. The molecule has 1 aromatic carbocycles. The minimum absolute atomic E-state index is 0.0425. The normalized spacial score (nSPS) is 16.1. The van der Waals surface area contributed by atoms with Crippen molar-refractivity contribution in [2.24, 2.45) is 0 Å². The van der Waals surface area contributed by atoms with Gasteiger partial charge in [0.15, 0.2) is 0 Å². The van der Waals surface area contributed by atoms with Gasteiger partial charge in [-0.1, -0.05) is 18.2 Å². The Kier molecular flexibility index (Phi) is 3.92. The van der Waals surface area contributed by atoms with Crippen molar-refractivity contribution in [2.75, 3.05) is 19.6 Å². The van der Waals surface area contributed by atoms with Crippen LogP contribution in [0.1, 0.15) is 12.0 Å². The van der Waals surface area contributed by atoms with E-state index in [2.05, 4.69) is 5.32 Å². The summed E-state index contributed by atoms with van der Waals surface area (Å²) in [7, 11) is 0. The van der Waals surface area contributed by atoms with Crippen molar-refractivity contribution < 1.29 is 14.0 Å². The van der Waals surface area contributed by atoms with Crippen molar-refractivity contribution >= 4 is 11.8 Å². The molecule has 0 saturated carbocycles. The van der Waals surface area contributed by atoms with Gasteiger partial charge in [0.2, 0.25) is 11.8 Å². The molecule has 1 saturated heterocycles. The Morgan fingerprint density at radius 1 is 1.33 bits per heavy atom. The van der Waals surface area contributed by atoms with Crippen molar-refractivity contribution in [3.05, 3.63) is 35.6 Å². The summed E-state index contributed by atoms with van der Waals surface area (Å²) in [6.45, 7) is 1.35. The second kappa shape index (κ2) is 5.62. The molecule has 18 heavy (non-hydrogen) atoms. The first-order valence-corrected chi connectivity index (χ1v) is 5.94. The molecule has 1 aliphatic heterocycles. The summed E-state index contributed by atoms with van der Waals surface area (Å²) < 4.78 is 13.4. The van der Waals surface area contributed by atoms with E-state index in [1.54, 1.807) is 23.1 Å². The molecule has 2 amide bonds. The molecule has 1 heterocycles. The van der Waals surface area contributed by atoms with E-state index in [1.807, 2.05) is 0 Å². The van der Waals surface area contributed by atoms with Crippen LogP contribution in [-0.4, -0.2) is 36.3 Å². The van der Waals surface area contributed by atoms with E-state index in [1.165, 1.54) is 6.07 Å². The van der Waals surface area contributed by atoms with Crippen LogP contribution in [0.25, 0.3) is 0 Å². The summed E-state index contributed by atoms with van der Waals surface area (Å²) in [6.07, 6.45) is 0.351. The van der Waals surface area contributed by atoms with Gasteiger partial charge < -0.3 is 10.2 Å². The fourth-order valence-corrected chi connectivity index (χ4v) is 1.93. The number of halogens is 1. The largest absolute Gasteiger partial charge is 0.354 e. The molecule has 0 spiro atoms. The highest BCUT2D eigenvalue weighted by Gasteiger charge is 2.19. The lowest BCUT2D eigenvalue weighted by atomic mass is 10.1. The Morgan fingerprint density at radius 3 is 2.89 bits per heavy atom. The average Bonchev–Trinajstić information content (AvgIpc) is 2.57. The van der Waals surface area contributed by atoms with Gasteiger partial charge >= 0.3 is 0 Å². The van der Waals surface area contributed by atoms with Gasteiger partial charge in [0, 0.05) is 26.1 Å². The first-order valence-electron chi connectivity index (χ1n) is 5.94. The Bertz CT molecular complexity index is 462. The predicted octanol–water partition coefficient (Wildman–Crippen LogP) is 0.717. The van der Waals surface area contributed by atoms with E-state index in [-0.39, 0.29) is 24.1 Å². The molecule has 96 valence electrons. The van der Waals surface area contributed by atoms with Crippen molar-refractivity contribution in [1.29, 1.82) is 0 Å². The lowest BCUT2D eigenvalue weighted by Gasteiger charge is -2.19. The zero-order valence-electron chi connectivity index (χ0n) is 9.99. The molecule has 5 heteroatoms. The Labute approximate surface area is 105 Å². The number of rotatable bonds is 2. The quantitative estimate of drug-likeness (QED) is 0.840. The van der Waals surface area contributed by atoms with Crippen LogP contribution >= 0.6 is 0 Å². The standard InChI is InChI=1S/C13H15FN2O2/c14-11-4-2-1-3-10(11)9-13(18)16-7-5-12(17)15-6-8-16/h1-4H,5-9H2,(H,15,17). The molecule has 0 atom stereocenters. The van der Waals surface area contributed by atoms with Gasteiger partial charge in [0.25, 0.3) is 0 Å². The molecule has 1 aromatic rings. The number of amides is 2. The molecular formula is C13H15FN2O2. The first-order chi connectivity index (χ1) is 8.66. The monoisotopic (exact) mass is 250 g/mol. The van der Waals surface area contributed by atoms with E-state index < -0.39 is 0 Å². The maximum Gasteiger partial charge on any atom is 0.227 e. The molecule has 0 unspecified atom stereocenters. The zero-order valence-corrected chi connectivity index (χ0v) is 9.99. The topological polar surface area (TPSA) is 49.4 Å². The Morgan fingerprint density at radius 2 is 2.11 bits per heavy atom. The van der Waals surface area contributed by atoms with Gasteiger partial charge in [-0.3, -0.25) is 9.59 Å². The smallest absolute Gasteiger partial charge is 0.227 e. The number of nitrogens with zero attached hydrogens (tertiary/aromatic N) is 1. The maximum atomic E-state index is 13.4. The van der Waals surface area contributed by atoms with E-state index >= 15 is 0 Å². The van der Waals surface area contributed by atoms with Gasteiger partial charge in [-0.15, -0.1) is 0 Å². The highest BCUT2D eigenvalue weighted by molar-refractivity contribution is 5.81. The Balaban J connectivity index is 1.99. The van der Waals surface area contributed by atoms with Crippen LogP contribution in [0.15, 0.2) is 24.3 Å². The molecule has 1 fully saturated rings. The third-order valence-corrected chi connectivity index (χ3v) is 2.96. The number of hydrogen-bond donors (Lipinski definition) is 1. The van der Waals surface area contributed by atoms with E-state index in [9.17, 15) is 14.0 Å². The minimum Gasteiger partial charge on any atom is -0.354 e. The number of carbonyl (C=O) groups is 2. The summed E-state index contributed by atoms with van der Waals surface area (Å²) in [5.74, 6) is -0.553. The fraction of sp³-hybridized carbons (Fsp3) is 0.385. The molecular weight excluding hydrogens is 235 g/mol. The predicted molar refractivity (Wildman–Crippen MR) is 64.3 cm³/mol. The van der Waals surface area contributed by atoms with Crippen LogP contribution in [0.2, 0.25) is 0 Å².